The molecule has 0 saturated heterocycles. The highest BCUT2D eigenvalue weighted by atomic mass is 15.2. The first kappa shape index (κ1) is 80.3. The van der Waals surface area contributed by atoms with Crippen LogP contribution < -0.4 is 78.6 Å². The zero-order valence-corrected chi connectivity index (χ0v) is 80.5. The summed E-state index contributed by atoms with van der Waals surface area (Å²) in [6, 6.07) is 121. The van der Waals surface area contributed by atoms with Gasteiger partial charge in [-0.1, -0.05) is 233 Å². The van der Waals surface area contributed by atoms with E-state index in [1.54, 1.807) is 33.4 Å². The van der Waals surface area contributed by atoms with Gasteiger partial charge >= 0.3 is 0 Å². The average Bonchev–Trinajstić information content (AvgIpc) is 0.668. The van der Waals surface area contributed by atoms with Crippen molar-refractivity contribution in [3.05, 3.63) is 376 Å². The van der Waals surface area contributed by atoms with Gasteiger partial charge < -0.3 is 29.4 Å². The maximum Gasteiger partial charge on any atom is 0.252 e. The smallest absolute Gasteiger partial charge is 0.252 e. The molecule has 6 nitrogen and oxygen atoms in total. The summed E-state index contributed by atoms with van der Waals surface area (Å²) in [5.41, 5.74) is 55.8. The highest BCUT2D eigenvalue weighted by Gasteiger charge is 2.67. The summed E-state index contributed by atoms with van der Waals surface area (Å²) in [5.74, 6) is 10.1. The number of rotatable bonds is 6. The zero-order chi connectivity index (χ0) is 90.9. The van der Waals surface area contributed by atoms with E-state index in [0.717, 1.165) is 90.3 Å². The van der Waals surface area contributed by atoms with Gasteiger partial charge in [0.25, 0.3) is 20.1 Å². The van der Waals surface area contributed by atoms with E-state index in [9.17, 15) is 0 Å². The number of para-hydroxylation sites is 7. The van der Waals surface area contributed by atoms with E-state index < -0.39 is 0 Å². The molecule has 15 aromatic rings. The third-order valence-corrected chi connectivity index (χ3v) is 39.7. The second-order valence-corrected chi connectivity index (χ2v) is 46.0. The number of anilines is 18. The second kappa shape index (κ2) is 29.2. The van der Waals surface area contributed by atoms with E-state index in [1.807, 2.05) is 0 Å². The Morgan fingerprint density at radius 3 is 0.899 bits per heavy atom. The van der Waals surface area contributed by atoms with Crippen LogP contribution in [0.2, 0.25) is 0 Å². The fourth-order valence-electron chi connectivity index (χ4n) is 35.6. The fraction of sp³-hybridized carbons (Fsp3) is 0.302. The summed E-state index contributed by atoms with van der Waals surface area (Å²) in [5, 5.41) is 0. The maximum absolute atomic E-state index is 2.70. The molecule has 9 aliphatic heterocycles. The van der Waals surface area contributed by atoms with Crippen LogP contribution in [-0.2, 0) is 35.5 Å². The van der Waals surface area contributed by atoms with Gasteiger partial charge in [-0.2, -0.15) is 0 Å². The van der Waals surface area contributed by atoms with Crippen molar-refractivity contribution in [1.29, 1.82) is 0 Å². The number of hydrogen-bond donors (Lipinski definition) is 0. The lowest BCUT2D eigenvalue weighted by Crippen LogP contribution is -2.64. The van der Waals surface area contributed by atoms with E-state index in [0.29, 0.717) is 0 Å². The van der Waals surface area contributed by atoms with Crippen LogP contribution in [0.3, 0.4) is 0 Å². The molecule has 36 rings (SSSR count). The Balaban J connectivity index is 0.0000000959. The molecule has 0 atom stereocenters. The number of nitrogens with zero attached hydrogens (tertiary/aromatic N) is 6. The first-order valence-electron chi connectivity index (χ1n) is 53.4. The van der Waals surface area contributed by atoms with Crippen LogP contribution in [0.4, 0.5) is 102 Å². The Morgan fingerprint density at radius 1 is 0.217 bits per heavy atom. The molecule has 138 heavy (non-hydrogen) atoms. The standard InChI is InChI=1S/3C43H39BN2/c1-3-27-11-7-12-32(25-27)45-38-18-9-19-39-40(38)44(35-15-6-10-26(2)41(35)45)36-16-8-14-34-42(36)46(39)37-17-5-4-13-33(37)43(34)30-21-28-20-29(23-30)24-31(43)22-28;1-3-27-9-6-10-32(25-27)45-38-15-8-16-39-41(38)44(35-18-17-26(2)19-40(35)45)36-13-7-12-34-42(36)46(39)37-14-5-4-11-33(37)43(34)30-21-28-20-29(23-30)24-31(43)22-28;1-3-27-9-6-10-32(25-27)45-38-18-17-26(2)19-36(38)44-35-13-7-12-34-42(35)46(40-16-8-15-39(45)41(40)44)37-14-5-4-11-33(37)43(34)30-21-28-20-29(23-30)24-31(43)22-28/h3*4-19,25,28-31H,3,20-24H2,1-2H3. The minimum atomic E-state index is 0.123. The molecule has 3 spiro atoms. The SMILES string of the molecule is CCc1cccc(N2c3cc(C)ccc3B3c4cccc5c4N(c4ccccc4C54C5CC6CC(C5)CC4C6)c4cccc2c43)c1.CCc1cccc(N2c3ccc(C)cc3B3c4cccc5c4N(c4ccccc4C54C5CC6CC(C5)CC4C6)c4cccc2c43)c1.CCc1cccc(N2c3cccc4c3B(c3cccc(C)c32)c2cccc3c2N4c2ccccc2C32C3CC4CC(C3)CC2C4)c1. The van der Waals surface area contributed by atoms with Crippen LogP contribution >= 0.6 is 0 Å². The molecule has 12 bridgehead atoms. The van der Waals surface area contributed by atoms with Gasteiger partial charge in [0.15, 0.2) is 0 Å². The monoisotopic (exact) mass is 1780 g/mol. The molecule has 21 aliphatic rings. The maximum atomic E-state index is 2.70. The van der Waals surface area contributed by atoms with Crippen LogP contribution in [0.5, 0.6) is 0 Å². The molecule has 12 saturated carbocycles. The van der Waals surface area contributed by atoms with Crippen molar-refractivity contribution in [1.82, 2.24) is 0 Å². The van der Waals surface area contributed by atoms with E-state index in [1.165, 1.54) is 281 Å². The van der Waals surface area contributed by atoms with Crippen molar-refractivity contribution >= 4 is 172 Å². The van der Waals surface area contributed by atoms with Gasteiger partial charge in [-0.25, -0.2) is 0 Å². The van der Waals surface area contributed by atoms with Crippen LogP contribution in [0.25, 0.3) is 0 Å². The first-order chi connectivity index (χ1) is 68.0. The lowest BCUT2D eigenvalue weighted by Gasteiger charge is -2.64. The van der Waals surface area contributed by atoms with Crippen LogP contribution in [-0.4, -0.2) is 20.1 Å². The van der Waals surface area contributed by atoms with Crippen molar-refractivity contribution < 1.29 is 0 Å². The summed E-state index contributed by atoms with van der Waals surface area (Å²) in [6.45, 7) is 14.2. The lowest BCUT2D eigenvalue weighted by molar-refractivity contribution is -0.0419. The van der Waals surface area contributed by atoms with E-state index >= 15 is 0 Å². The topological polar surface area (TPSA) is 19.4 Å². The molecule has 0 aromatic heterocycles. The second-order valence-electron chi connectivity index (χ2n) is 46.0. The third kappa shape index (κ3) is 10.4. The molecule has 0 unspecified atom stereocenters. The minimum absolute atomic E-state index is 0.123. The van der Waals surface area contributed by atoms with Gasteiger partial charge in [-0.15, -0.1) is 0 Å². The van der Waals surface area contributed by atoms with Crippen LogP contribution in [0.15, 0.2) is 309 Å². The quantitative estimate of drug-likeness (QED) is 0.153. The van der Waals surface area contributed by atoms with Gasteiger partial charge in [0.2, 0.25) is 0 Å². The van der Waals surface area contributed by atoms with Gasteiger partial charge in [-0.05, 0) is 421 Å². The number of aryl methyl sites for hydroxylation is 6. The van der Waals surface area contributed by atoms with Crippen molar-refractivity contribution in [2.24, 2.45) is 71.0 Å². The highest BCUT2D eigenvalue weighted by Crippen LogP contribution is 2.74. The molecular formula is C129H117B3N6. The molecule has 0 amide bonds. The summed E-state index contributed by atoms with van der Waals surface area (Å²) < 4.78 is 0. The Labute approximate surface area is 815 Å². The van der Waals surface area contributed by atoms with Crippen molar-refractivity contribution in [3.8, 4) is 0 Å². The molecule has 9 heteroatoms. The largest absolute Gasteiger partial charge is 0.311 e. The normalized spacial score (nSPS) is 27.0. The van der Waals surface area contributed by atoms with Gasteiger partial charge in [-0.3, -0.25) is 0 Å². The van der Waals surface area contributed by atoms with Gasteiger partial charge in [0.05, 0.1) is 17.1 Å². The summed E-state index contributed by atoms with van der Waals surface area (Å²) >= 11 is 0. The highest BCUT2D eigenvalue weighted by molar-refractivity contribution is 7.02. The van der Waals surface area contributed by atoms with E-state index in [2.05, 4.69) is 380 Å². The van der Waals surface area contributed by atoms with Crippen LogP contribution in [0.1, 0.15) is 184 Å². The number of fused-ring (bicyclic) bond motifs is 18. The fourth-order valence-corrected chi connectivity index (χ4v) is 35.6. The van der Waals surface area contributed by atoms with Gasteiger partial charge in [0, 0.05) is 102 Å². The molecular weight excluding hydrogens is 1670 g/mol. The average molecular weight is 1780 g/mol. The van der Waals surface area contributed by atoms with Crippen molar-refractivity contribution in [3.63, 3.8) is 0 Å². The number of benzene rings is 15. The predicted octanol–water partition coefficient (Wildman–Crippen LogP) is 26.1. The third-order valence-electron chi connectivity index (χ3n) is 39.7. The van der Waals surface area contributed by atoms with Crippen molar-refractivity contribution in [2.45, 2.75) is 173 Å². The summed E-state index contributed by atoms with van der Waals surface area (Å²) in [7, 11) is 0. The van der Waals surface area contributed by atoms with E-state index in [-0.39, 0.29) is 36.4 Å². The Kier molecular flexibility index (Phi) is 17.0. The Bertz CT molecular complexity index is 7520. The Morgan fingerprint density at radius 2 is 0.507 bits per heavy atom. The molecule has 0 N–H and O–H groups in total. The lowest BCUT2D eigenvalue weighted by atomic mass is 9.32. The minimum Gasteiger partial charge on any atom is -0.311 e. The first-order valence-corrected chi connectivity index (χ1v) is 53.4. The molecule has 672 valence electrons. The molecule has 15 aromatic carbocycles. The predicted molar refractivity (Wildman–Crippen MR) is 577 cm³/mol. The molecule has 12 aliphatic carbocycles. The van der Waals surface area contributed by atoms with Gasteiger partial charge in [0.1, 0.15) is 0 Å². The summed E-state index contributed by atoms with van der Waals surface area (Å²) in [6.07, 6.45) is 24.4. The van der Waals surface area contributed by atoms with E-state index in [4.69, 9.17) is 0 Å². The van der Waals surface area contributed by atoms with Crippen LogP contribution in [0, 0.1) is 91.8 Å². The molecule has 0 radical (unpaired) electrons. The van der Waals surface area contributed by atoms with Crippen molar-refractivity contribution in [2.75, 3.05) is 29.4 Å². The number of hydrogen-bond acceptors (Lipinski definition) is 6. The Hall–Kier alpha value is -12.7. The zero-order valence-electron chi connectivity index (χ0n) is 80.5. The molecule has 12 fully saturated rings. The summed E-state index contributed by atoms with van der Waals surface area (Å²) in [4.78, 5) is 15.8. The molecule has 9 heterocycles.